The molecule has 0 bridgehead atoms. The van der Waals surface area contributed by atoms with Gasteiger partial charge >= 0.3 is 0 Å². The zero-order chi connectivity index (χ0) is 10.1. The average Bonchev–Trinajstić information content (AvgIpc) is 2.47. The van der Waals surface area contributed by atoms with Gasteiger partial charge in [-0.05, 0) is 38.8 Å². The van der Waals surface area contributed by atoms with Gasteiger partial charge in [0, 0.05) is 24.0 Å². The van der Waals surface area contributed by atoms with Crippen molar-refractivity contribution in [1.29, 1.82) is 0 Å². The van der Waals surface area contributed by atoms with Gasteiger partial charge in [-0.15, -0.1) is 0 Å². The summed E-state index contributed by atoms with van der Waals surface area (Å²) in [5.74, 6) is 1.07. The molecule has 1 aromatic heterocycles. The Morgan fingerprint density at radius 2 is 2.14 bits per heavy atom. The van der Waals surface area contributed by atoms with Crippen LogP contribution in [0.15, 0.2) is 12.1 Å². The molecule has 1 aliphatic rings. The van der Waals surface area contributed by atoms with Crippen LogP contribution in [0.4, 0.5) is 0 Å². The molecule has 0 unspecified atom stereocenters. The van der Waals surface area contributed by atoms with Gasteiger partial charge in [0.2, 0.25) is 0 Å². The number of aryl methyl sites for hydroxylation is 1. The number of hydrogen-bond acceptors (Lipinski definition) is 1. The van der Waals surface area contributed by atoms with Crippen molar-refractivity contribution in [1.82, 2.24) is 4.57 Å². The number of ether oxygens (including phenoxy) is 1. The van der Waals surface area contributed by atoms with Gasteiger partial charge in [-0.2, -0.15) is 0 Å². The van der Waals surface area contributed by atoms with E-state index in [4.69, 9.17) is 4.74 Å². The maximum Gasteiger partial charge on any atom is 0.124 e. The second-order valence-corrected chi connectivity index (χ2v) is 3.90. The summed E-state index contributed by atoms with van der Waals surface area (Å²) < 4.78 is 7.86. The molecule has 0 spiro atoms. The SMILES string of the molecule is Cc1cc(C2=CCCCO2)c(C)n1C. The second kappa shape index (κ2) is 3.52. The molecule has 1 aromatic rings. The summed E-state index contributed by atoms with van der Waals surface area (Å²) in [6.07, 6.45) is 4.49. The number of aromatic nitrogens is 1. The van der Waals surface area contributed by atoms with Crippen molar-refractivity contribution in [2.45, 2.75) is 26.7 Å². The van der Waals surface area contributed by atoms with Gasteiger partial charge in [0.25, 0.3) is 0 Å². The molecule has 2 nitrogen and oxygen atoms in total. The summed E-state index contributed by atoms with van der Waals surface area (Å²) >= 11 is 0. The van der Waals surface area contributed by atoms with Gasteiger partial charge in [0.05, 0.1) is 6.61 Å². The molecule has 2 heterocycles. The molecular formula is C12H17NO. The molecule has 2 heteroatoms. The minimum absolute atomic E-state index is 0.860. The fraction of sp³-hybridized carbons (Fsp3) is 0.500. The largest absolute Gasteiger partial charge is 0.493 e. The molecule has 0 fully saturated rings. The predicted octanol–water partition coefficient (Wildman–Crippen LogP) is 2.79. The van der Waals surface area contributed by atoms with Gasteiger partial charge in [0.15, 0.2) is 0 Å². The second-order valence-electron chi connectivity index (χ2n) is 3.90. The average molecular weight is 191 g/mol. The summed E-state index contributed by atoms with van der Waals surface area (Å²) in [6, 6.07) is 2.20. The van der Waals surface area contributed by atoms with Crippen LogP contribution in [0.1, 0.15) is 29.8 Å². The van der Waals surface area contributed by atoms with Crippen molar-refractivity contribution in [3.05, 3.63) is 29.1 Å². The molecule has 14 heavy (non-hydrogen) atoms. The van der Waals surface area contributed by atoms with Crippen LogP contribution in [0.3, 0.4) is 0 Å². The highest BCUT2D eigenvalue weighted by molar-refractivity contribution is 5.63. The van der Waals surface area contributed by atoms with Crippen LogP contribution in [0.2, 0.25) is 0 Å². The number of rotatable bonds is 1. The fourth-order valence-electron chi connectivity index (χ4n) is 1.85. The number of nitrogens with zero attached hydrogens (tertiary/aromatic N) is 1. The Morgan fingerprint density at radius 1 is 1.36 bits per heavy atom. The first-order chi connectivity index (χ1) is 6.70. The minimum Gasteiger partial charge on any atom is -0.493 e. The van der Waals surface area contributed by atoms with E-state index in [1.54, 1.807) is 0 Å². The van der Waals surface area contributed by atoms with Crippen LogP contribution < -0.4 is 0 Å². The van der Waals surface area contributed by atoms with Crippen LogP contribution in [0.25, 0.3) is 5.76 Å². The van der Waals surface area contributed by atoms with E-state index in [9.17, 15) is 0 Å². The number of allylic oxidation sites excluding steroid dienone is 1. The van der Waals surface area contributed by atoms with Crippen molar-refractivity contribution in [2.24, 2.45) is 7.05 Å². The highest BCUT2D eigenvalue weighted by atomic mass is 16.5. The Balaban J connectivity index is 2.40. The van der Waals surface area contributed by atoms with E-state index < -0.39 is 0 Å². The smallest absolute Gasteiger partial charge is 0.124 e. The highest BCUT2D eigenvalue weighted by Gasteiger charge is 2.13. The van der Waals surface area contributed by atoms with Crippen LogP contribution in [0, 0.1) is 13.8 Å². The molecule has 0 atom stereocenters. The Bertz CT molecular complexity index is 374. The normalized spacial score (nSPS) is 16.4. The molecule has 0 N–H and O–H groups in total. The Kier molecular flexibility index (Phi) is 2.36. The van der Waals surface area contributed by atoms with Crippen molar-refractivity contribution < 1.29 is 4.74 Å². The van der Waals surface area contributed by atoms with E-state index in [0.717, 1.165) is 25.2 Å². The lowest BCUT2D eigenvalue weighted by Gasteiger charge is -2.14. The van der Waals surface area contributed by atoms with Crippen molar-refractivity contribution >= 4 is 5.76 Å². The van der Waals surface area contributed by atoms with E-state index in [2.05, 4.69) is 37.6 Å². The molecule has 0 saturated heterocycles. The first-order valence-corrected chi connectivity index (χ1v) is 5.16. The third kappa shape index (κ3) is 1.45. The molecule has 0 aliphatic carbocycles. The third-order valence-corrected chi connectivity index (χ3v) is 2.98. The summed E-state index contributed by atoms with van der Waals surface area (Å²) in [5, 5.41) is 0. The first kappa shape index (κ1) is 9.38. The minimum atomic E-state index is 0.860. The van der Waals surface area contributed by atoms with E-state index in [1.165, 1.54) is 17.0 Å². The standard InChI is InChI=1S/C12H17NO/c1-9-8-11(10(2)13(9)3)12-6-4-5-7-14-12/h6,8H,4-5,7H2,1-3H3. The Hall–Kier alpha value is -1.18. The zero-order valence-electron chi connectivity index (χ0n) is 9.13. The lowest BCUT2D eigenvalue weighted by atomic mass is 10.1. The van der Waals surface area contributed by atoms with Crippen LogP contribution >= 0.6 is 0 Å². The Labute approximate surface area is 85.2 Å². The third-order valence-electron chi connectivity index (χ3n) is 2.98. The summed E-state index contributed by atoms with van der Waals surface area (Å²) in [7, 11) is 2.09. The molecule has 76 valence electrons. The molecule has 1 aliphatic heterocycles. The van der Waals surface area contributed by atoms with E-state index in [-0.39, 0.29) is 0 Å². The molecule has 0 saturated carbocycles. The fourth-order valence-corrected chi connectivity index (χ4v) is 1.85. The zero-order valence-corrected chi connectivity index (χ0v) is 9.13. The van der Waals surface area contributed by atoms with Gasteiger partial charge in [-0.25, -0.2) is 0 Å². The lowest BCUT2D eigenvalue weighted by Crippen LogP contribution is -2.01. The molecule has 0 aromatic carbocycles. The lowest BCUT2D eigenvalue weighted by molar-refractivity contribution is 0.258. The summed E-state index contributed by atoms with van der Waals surface area (Å²) in [4.78, 5) is 0. The van der Waals surface area contributed by atoms with E-state index in [0.29, 0.717) is 0 Å². The molecule has 0 amide bonds. The summed E-state index contributed by atoms with van der Waals surface area (Å²) in [5.41, 5.74) is 3.83. The van der Waals surface area contributed by atoms with Crippen LogP contribution in [-0.4, -0.2) is 11.2 Å². The number of hydrogen-bond donors (Lipinski definition) is 0. The van der Waals surface area contributed by atoms with Crippen molar-refractivity contribution in [3.8, 4) is 0 Å². The highest BCUT2D eigenvalue weighted by Crippen LogP contribution is 2.26. The van der Waals surface area contributed by atoms with E-state index >= 15 is 0 Å². The quantitative estimate of drug-likeness (QED) is 0.665. The van der Waals surface area contributed by atoms with Crippen LogP contribution in [0.5, 0.6) is 0 Å². The predicted molar refractivity (Wildman–Crippen MR) is 58.1 cm³/mol. The van der Waals surface area contributed by atoms with Gasteiger partial charge in [0.1, 0.15) is 5.76 Å². The maximum atomic E-state index is 5.66. The topological polar surface area (TPSA) is 14.2 Å². The maximum absolute atomic E-state index is 5.66. The first-order valence-electron chi connectivity index (χ1n) is 5.16. The molecule has 2 rings (SSSR count). The van der Waals surface area contributed by atoms with Gasteiger partial charge < -0.3 is 9.30 Å². The molecule has 0 radical (unpaired) electrons. The molecular weight excluding hydrogens is 174 g/mol. The van der Waals surface area contributed by atoms with Crippen LogP contribution in [-0.2, 0) is 11.8 Å². The monoisotopic (exact) mass is 191 g/mol. The Morgan fingerprint density at radius 3 is 2.64 bits per heavy atom. The van der Waals surface area contributed by atoms with Gasteiger partial charge in [-0.3, -0.25) is 0 Å². The van der Waals surface area contributed by atoms with Gasteiger partial charge in [-0.1, -0.05) is 0 Å². The van der Waals surface area contributed by atoms with Crippen molar-refractivity contribution in [3.63, 3.8) is 0 Å². The van der Waals surface area contributed by atoms with E-state index in [1.807, 2.05) is 0 Å². The van der Waals surface area contributed by atoms with Crippen molar-refractivity contribution in [2.75, 3.05) is 6.61 Å². The summed E-state index contributed by atoms with van der Waals surface area (Å²) in [6.45, 7) is 5.13.